The molecule has 1 aromatic rings. The fourth-order valence-corrected chi connectivity index (χ4v) is 1.93. The molecule has 0 fully saturated rings. The minimum atomic E-state index is -0.538. The second-order valence-electron chi connectivity index (χ2n) is 5.44. The maximum atomic E-state index is 11.8. The van der Waals surface area contributed by atoms with E-state index in [1.165, 1.54) is 0 Å². The first-order valence-electron chi connectivity index (χ1n) is 7.69. The highest BCUT2D eigenvalue weighted by Crippen LogP contribution is 2.16. The molecule has 1 unspecified atom stereocenters. The van der Waals surface area contributed by atoms with E-state index in [1.807, 2.05) is 31.2 Å². The lowest BCUT2D eigenvalue weighted by atomic mass is 10.2. The molecule has 21 heavy (non-hydrogen) atoms. The Bertz CT molecular complexity index is 432. The topological polar surface area (TPSA) is 47.6 Å². The molecule has 0 heterocycles. The van der Waals surface area contributed by atoms with Crippen molar-refractivity contribution in [2.75, 3.05) is 13.2 Å². The molecule has 0 saturated heterocycles. The number of esters is 1. The van der Waals surface area contributed by atoms with Gasteiger partial charge in [-0.3, -0.25) is 0 Å². The van der Waals surface area contributed by atoms with Gasteiger partial charge in [0.15, 0.2) is 6.10 Å². The van der Waals surface area contributed by atoms with E-state index in [0.717, 1.165) is 18.7 Å². The van der Waals surface area contributed by atoms with Gasteiger partial charge in [-0.05, 0) is 43.5 Å². The molecule has 0 radical (unpaired) electrons. The Hall–Kier alpha value is -1.55. The molecule has 0 bridgehead atoms. The molecule has 0 spiro atoms. The summed E-state index contributed by atoms with van der Waals surface area (Å²) < 4.78 is 10.8. The molecule has 1 aromatic carbocycles. The molecule has 4 nitrogen and oxygen atoms in total. The lowest BCUT2D eigenvalue weighted by Crippen LogP contribution is -2.28. The van der Waals surface area contributed by atoms with Crippen molar-refractivity contribution in [2.45, 2.75) is 46.8 Å². The zero-order chi connectivity index (χ0) is 15.7. The van der Waals surface area contributed by atoms with E-state index in [2.05, 4.69) is 19.2 Å². The molecule has 1 N–H and O–H groups in total. The number of hydrogen-bond acceptors (Lipinski definition) is 4. The summed E-state index contributed by atoms with van der Waals surface area (Å²) in [7, 11) is 0. The van der Waals surface area contributed by atoms with Crippen LogP contribution in [0.2, 0.25) is 0 Å². The van der Waals surface area contributed by atoms with E-state index >= 15 is 0 Å². The lowest BCUT2D eigenvalue weighted by Gasteiger charge is -2.16. The van der Waals surface area contributed by atoms with Crippen LogP contribution in [0.1, 0.15) is 39.7 Å². The third-order valence-electron chi connectivity index (χ3n) is 2.98. The zero-order valence-electron chi connectivity index (χ0n) is 13.5. The van der Waals surface area contributed by atoms with Crippen LogP contribution in [0, 0.1) is 5.92 Å². The predicted octanol–water partition coefficient (Wildman–Crippen LogP) is 3.15. The largest absolute Gasteiger partial charge is 0.479 e. The lowest BCUT2D eigenvalue weighted by molar-refractivity contribution is -0.151. The van der Waals surface area contributed by atoms with Crippen molar-refractivity contribution in [2.24, 2.45) is 5.92 Å². The molecule has 0 saturated carbocycles. The number of hydrogen-bond donors (Lipinski definition) is 1. The Labute approximate surface area is 127 Å². The minimum Gasteiger partial charge on any atom is -0.479 e. The van der Waals surface area contributed by atoms with Crippen molar-refractivity contribution in [3.8, 4) is 5.75 Å². The standard InChI is InChI=1S/C17H27NO3/c1-5-16(17(19)20-6-2)21-15-9-7-8-14(10-15)12-18-11-13(3)4/h7-10,13,16,18H,5-6,11-12H2,1-4H3. The first-order chi connectivity index (χ1) is 10.1. The Morgan fingerprint density at radius 3 is 2.67 bits per heavy atom. The van der Waals surface area contributed by atoms with Crippen molar-refractivity contribution in [3.63, 3.8) is 0 Å². The van der Waals surface area contributed by atoms with E-state index in [-0.39, 0.29) is 5.97 Å². The summed E-state index contributed by atoms with van der Waals surface area (Å²) >= 11 is 0. The number of ether oxygens (including phenoxy) is 2. The van der Waals surface area contributed by atoms with Gasteiger partial charge < -0.3 is 14.8 Å². The van der Waals surface area contributed by atoms with Crippen molar-refractivity contribution in [3.05, 3.63) is 29.8 Å². The van der Waals surface area contributed by atoms with Crippen LogP contribution in [0.4, 0.5) is 0 Å². The molecular weight excluding hydrogens is 266 g/mol. The average Bonchev–Trinajstić information content (AvgIpc) is 2.45. The smallest absolute Gasteiger partial charge is 0.347 e. The molecule has 4 heteroatoms. The minimum absolute atomic E-state index is 0.302. The summed E-state index contributed by atoms with van der Waals surface area (Å²) in [6.07, 6.45) is 0.0538. The van der Waals surface area contributed by atoms with Crippen LogP contribution in [0.15, 0.2) is 24.3 Å². The SMILES string of the molecule is CCOC(=O)C(CC)Oc1cccc(CNCC(C)C)c1. The monoisotopic (exact) mass is 293 g/mol. The fourth-order valence-electron chi connectivity index (χ4n) is 1.93. The van der Waals surface area contributed by atoms with E-state index in [4.69, 9.17) is 9.47 Å². The van der Waals surface area contributed by atoms with Crippen LogP contribution in [0.3, 0.4) is 0 Å². The van der Waals surface area contributed by atoms with Crippen molar-refractivity contribution in [1.82, 2.24) is 5.32 Å². The molecule has 0 aliphatic heterocycles. The van der Waals surface area contributed by atoms with Gasteiger partial charge in [-0.15, -0.1) is 0 Å². The van der Waals surface area contributed by atoms with Crippen LogP contribution in [-0.4, -0.2) is 25.2 Å². The van der Waals surface area contributed by atoms with E-state index in [1.54, 1.807) is 6.92 Å². The summed E-state index contributed by atoms with van der Waals surface area (Å²) in [6, 6.07) is 7.83. The average molecular weight is 293 g/mol. The molecule has 0 aliphatic rings. The van der Waals surface area contributed by atoms with E-state index < -0.39 is 6.10 Å². The van der Waals surface area contributed by atoms with E-state index in [0.29, 0.717) is 24.7 Å². The van der Waals surface area contributed by atoms with Gasteiger partial charge in [0.1, 0.15) is 5.75 Å². The summed E-state index contributed by atoms with van der Waals surface area (Å²) in [4.78, 5) is 11.8. The third-order valence-corrected chi connectivity index (χ3v) is 2.98. The maximum Gasteiger partial charge on any atom is 0.347 e. The summed E-state index contributed by atoms with van der Waals surface area (Å²) in [5.41, 5.74) is 1.15. The van der Waals surface area contributed by atoms with Gasteiger partial charge in [-0.25, -0.2) is 4.79 Å². The Kier molecular flexibility index (Phi) is 7.83. The number of nitrogens with one attached hydrogen (secondary N) is 1. The number of carbonyl (C=O) groups is 1. The molecule has 1 atom stereocenters. The number of benzene rings is 1. The highest BCUT2D eigenvalue weighted by molar-refractivity contribution is 5.75. The van der Waals surface area contributed by atoms with Gasteiger partial charge >= 0.3 is 5.97 Å². The molecule has 0 aliphatic carbocycles. The van der Waals surface area contributed by atoms with Crippen LogP contribution in [0.5, 0.6) is 5.75 Å². The number of rotatable bonds is 9. The van der Waals surface area contributed by atoms with E-state index in [9.17, 15) is 4.79 Å². The fraction of sp³-hybridized carbons (Fsp3) is 0.588. The Morgan fingerprint density at radius 1 is 1.29 bits per heavy atom. The van der Waals surface area contributed by atoms with Crippen molar-refractivity contribution < 1.29 is 14.3 Å². The molecule has 0 amide bonds. The van der Waals surface area contributed by atoms with Gasteiger partial charge in [-0.1, -0.05) is 32.9 Å². The van der Waals surface area contributed by atoms with Gasteiger partial charge in [0.2, 0.25) is 0 Å². The van der Waals surface area contributed by atoms with Gasteiger partial charge in [0.25, 0.3) is 0 Å². The Morgan fingerprint density at radius 2 is 2.05 bits per heavy atom. The summed E-state index contributed by atoms with van der Waals surface area (Å²) in [5, 5.41) is 3.39. The number of carbonyl (C=O) groups excluding carboxylic acids is 1. The van der Waals surface area contributed by atoms with Crippen LogP contribution in [-0.2, 0) is 16.1 Å². The van der Waals surface area contributed by atoms with Crippen LogP contribution >= 0.6 is 0 Å². The first-order valence-corrected chi connectivity index (χ1v) is 7.69. The Balaban J connectivity index is 2.60. The van der Waals surface area contributed by atoms with Crippen LogP contribution < -0.4 is 10.1 Å². The highest BCUT2D eigenvalue weighted by Gasteiger charge is 2.19. The van der Waals surface area contributed by atoms with Crippen molar-refractivity contribution in [1.29, 1.82) is 0 Å². The van der Waals surface area contributed by atoms with Crippen LogP contribution in [0.25, 0.3) is 0 Å². The second kappa shape index (κ2) is 9.40. The van der Waals surface area contributed by atoms with Gasteiger partial charge in [-0.2, -0.15) is 0 Å². The molecule has 118 valence electrons. The predicted molar refractivity (Wildman–Crippen MR) is 84.3 cm³/mol. The normalized spacial score (nSPS) is 12.2. The molecule has 0 aromatic heterocycles. The zero-order valence-corrected chi connectivity index (χ0v) is 13.5. The summed E-state index contributed by atoms with van der Waals surface area (Å²) in [6.45, 7) is 10.2. The molecular formula is C17H27NO3. The second-order valence-corrected chi connectivity index (χ2v) is 5.44. The van der Waals surface area contributed by atoms with Gasteiger partial charge in [0.05, 0.1) is 6.61 Å². The highest BCUT2D eigenvalue weighted by atomic mass is 16.6. The van der Waals surface area contributed by atoms with Gasteiger partial charge in [0, 0.05) is 6.54 Å². The van der Waals surface area contributed by atoms with Crippen molar-refractivity contribution >= 4 is 5.97 Å². The maximum absolute atomic E-state index is 11.8. The third kappa shape index (κ3) is 6.63. The summed E-state index contributed by atoms with van der Waals surface area (Å²) in [5.74, 6) is 1.03. The quantitative estimate of drug-likeness (QED) is 0.711. The first kappa shape index (κ1) is 17.5. The molecule has 1 rings (SSSR count).